The van der Waals surface area contributed by atoms with Crippen LogP contribution in [0, 0.1) is 0 Å². The zero-order chi connectivity index (χ0) is 14.5. The average molecular weight is 278 g/mol. The highest BCUT2D eigenvalue weighted by atomic mass is 16.5. The lowest BCUT2D eigenvalue weighted by molar-refractivity contribution is -0.0256. The Kier molecular flexibility index (Phi) is 5.09. The Labute approximate surface area is 119 Å². The van der Waals surface area contributed by atoms with Crippen molar-refractivity contribution in [2.45, 2.75) is 32.9 Å². The number of carbonyl (C=O) groups excluding carboxylic acids is 1. The Morgan fingerprint density at radius 3 is 3.05 bits per heavy atom. The molecule has 0 radical (unpaired) electrons. The predicted molar refractivity (Wildman–Crippen MR) is 76.2 cm³/mol. The van der Waals surface area contributed by atoms with Crippen LogP contribution in [0.5, 0.6) is 5.75 Å². The van der Waals surface area contributed by atoms with Crippen molar-refractivity contribution in [2.24, 2.45) is 0 Å². The molecule has 1 aliphatic rings. The van der Waals surface area contributed by atoms with E-state index < -0.39 is 6.10 Å². The number of pyridine rings is 1. The lowest BCUT2D eigenvalue weighted by atomic mass is 10.1. The van der Waals surface area contributed by atoms with Crippen molar-refractivity contribution < 1.29 is 14.3 Å². The summed E-state index contributed by atoms with van der Waals surface area (Å²) >= 11 is 0. The quantitative estimate of drug-likeness (QED) is 0.768. The van der Waals surface area contributed by atoms with E-state index in [2.05, 4.69) is 23.7 Å². The number of ether oxygens (including phenoxy) is 2. The number of hydrogen-bond donors (Lipinski definition) is 0. The molecule has 5 nitrogen and oxygen atoms in total. The van der Waals surface area contributed by atoms with Gasteiger partial charge in [-0.25, -0.2) is 0 Å². The third-order valence-corrected chi connectivity index (χ3v) is 3.43. The number of Topliss-reactive ketones (excluding diaryl/α,β-unsaturated/α-hetero) is 1. The average Bonchev–Trinajstić information content (AvgIpc) is 2.47. The molecular weight excluding hydrogens is 256 g/mol. The number of morpholine rings is 1. The lowest BCUT2D eigenvalue weighted by Crippen LogP contribution is -2.48. The molecule has 1 fully saturated rings. The van der Waals surface area contributed by atoms with E-state index in [1.165, 1.54) is 0 Å². The van der Waals surface area contributed by atoms with Crippen LogP contribution in [-0.4, -0.2) is 54.1 Å². The monoisotopic (exact) mass is 278 g/mol. The second-order valence-corrected chi connectivity index (χ2v) is 5.15. The molecule has 0 spiro atoms. The van der Waals surface area contributed by atoms with Crippen molar-refractivity contribution in [3.63, 3.8) is 0 Å². The minimum atomic E-state index is -0.412. The van der Waals surface area contributed by atoms with Crippen molar-refractivity contribution in [1.82, 2.24) is 9.88 Å². The highest BCUT2D eigenvalue weighted by Gasteiger charge is 2.28. The molecule has 2 heterocycles. The molecule has 110 valence electrons. The van der Waals surface area contributed by atoms with Gasteiger partial charge < -0.3 is 9.47 Å². The van der Waals surface area contributed by atoms with Gasteiger partial charge in [-0.05, 0) is 26.8 Å². The first-order valence-corrected chi connectivity index (χ1v) is 7.09. The van der Waals surface area contributed by atoms with E-state index in [4.69, 9.17) is 9.47 Å². The largest absolute Gasteiger partial charge is 0.492 e. The molecule has 1 aromatic rings. The Morgan fingerprint density at radius 2 is 2.35 bits per heavy atom. The van der Waals surface area contributed by atoms with E-state index in [1.54, 1.807) is 18.5 Å². The van der Waals surface area contributed by atoms with E-state index in [0.717, 1.165) is 6.54 Å². The van der Waals surface area contributed by atoms with Gasteiger partial charge in [0.15, 0.2) is 5.78 Å². The minimum Gasteiger partial charge on any atom is -0.492 e. The van der Waals surface area contributed by atoms with E-state index in [9.17, 15) is 4.79 Å². The molecule has 0 N–H and O–H groups in total. The van der Waals surface area contributed by atoms with Gasteiger partial charge in [-0.1, -0.05) is 0 Å². The molecule has 1 aromatic heterocycles. The Hall–Kier alpha value is -1.46. The van der Waals surface area contributed by atoms with Crippen LogP contribution in [0.25, 0.3) is 0 Å². The number of nitrogens with zero attached hydrogens (tertiary/aromatic N) is 2. The molecule has 0 aliphatic carbocycles. The van der Waals surface area contributed by atoms with Crippen LogP contribution < -0.4 is 4.74 Å². The van der Waals surface area contributed by atoms with Crippen molar-refractivity contribution in [3.05, 3.63) is 24.0 Å². The zero-order valence-corrected chi connectivity index (χ0v) is 12.3. The van der Waals surface area contributed by atoms with Crippen LogP contribution >= 0.6 is 0 Å². The van der Waals surface area contributed by atoms with E-state index in [1.807, 2.05) is 6.92 Å². The summed E-state index contributed by atoms with van der Waals surface area (Å²) in [6.07, 6.45) is 2.77. The summed E-state index contributed by atoms with van der Waals surface area (Å²) < 4.78 is 11.0. The summed E-state index contributed by atoms with van der Waals surface area (Å²) in [7, 11) is 0. The molecule has 2 rings (SSSR count). The second kappa shape index (κ2) is 6.81. The minimum absolute atomic E-state index is 0.0237. The molecule has 1 aliphatic heterocycles. The standard InChI is InChI=1S/C15H22N2O3/c1-4-19-13-7-12(8-16-9-13)15(18)14-10-17(11(2)3)5-6-20-14/h7-9,11,14H,4-6,10H2,1-3H3. The maximum atomic E-state index is 12.5. The lowest BCUT2D eigenvalue weighted by Gasteiger charge is -2.34. The summed E-state index contributed by atoms with van der Waals surface area (Å²) in [5.74, 6) is 0.597. The smallest absolute Gasteiger partial charge is 0.194 e. The fraction of sp³-hybridized carbons (Fsp3) is 0.600. The number of hydrogen-bond acceptors (Lipinski definition) is 5. The fourth-order valence-corrected chi connectivity index (χ4v) is 2.28. The van der Waals surface area contributed by atoms with Gasteiger partial charge in [-0.15, -0.1) is 0 Å². The van der Waals surface area contributed by atoms with E-state index >= 15 is 0 Å². The van der Waals surface area contributed by atoms with Gasteiger partial charge in [-0.2, -0.15) is 0 Å². The van der Waals surface area contributed by atoms with Crippen LogP contribution in [-0.2, 0) is 4.74 Å². The molecule has 0 aromatic carbocycles. The molecule has 1 saturated heterocycles. The predicted octanol–water partition coefficient (Wildman–Crippen LogP) is 1.77. The molecule has 20 heavy (non-hydrogen) atoms. The normalized spacial score (nSPS) is 20.1. The van der Waals surface area contributed by atoms with Crippen LogP contribution in [0.15, 0.2) is 18.5 Å². The highest BCUT2D eigenvalue weighted by molar-refractivity contribution is 5.99. The molecule has 0 amide bonds. The third-order valence-electron chi connectivity index (χ3n) is 3.43. The number of aromatic nitrogens is 1. The summed E-state index contributed by atoms with van der Waals surface area (Å²) in [5, 5.41) is 0. The van der Waals surface area contributed by atoms with Crippen LogP contribution in [0.4, 0.5) is 0 Å². The maximum Gasteiger partial charge on any atom is 0.194 e. The molecule has 5 heteroatoms. The van der Waals surface area contributed by atoms with Gasteiger partial charge in [0.1, 0.15) is 11.9 Å². The SMILES string of the molecule is CCOc1cncc(C(=O)C2CN(C(C)C)CCO2)c1. The van der Waals surface area contributed by atoms with Gasteiger partial charge in [0.05, 0.1) is 19.4 Å². The molecule has 1 unspecified atom stereocenters. The number of ketones is 1. The summed E-state index contributed by atoms with van der Waals surface area (Å²) in [4.78, 5) is 18.8. The van der Waals surface area contributed by atoms with Gasteiger partial charge in [0.2, 0.25) is 0 Å². The van der Waals surface area contributed by atoms with Crippen molar-refractivity contribution in [1.29, 1.82) is 0 Å². The van der Waals surface area contributed by atoms with Crippen LogP contribution in [0.2, 0.25) is 0 Å². The summed E-state index contributed by atoms with van der Waals surface area (Å²) in [6, 6.07) is 2.15. The van der Waals surface area contributed by atoms with Gasteiger partial charge in [-0.3, -0.25) is 14.7 Å². The van der Waals surface area contributed by atoms with Gasteiger partial charge in [0, 0.05) is 30.9 Å². The Bertz CT molecular complexity index is 462. The molecule has 0 bridgehead atoms. The molecule has 1 atom stereocenters. The van der Waals surface area contributed by atoms with Gasteiger partial charge in [0.25, 0.3) is 0 Å². The summed E-state index contributed by atoms with van der Waals surface area (Å²) in [6.45, 7) is 8.81. The first kappa shape index (κ1) is 14.9. The third kappa shape index (κ3) is 3.55. The van der Waals surface area contributed by atoms with Crippen LogP contribution in [0.1, 0.15) is 31.1 Å². The Morgan fingerprint density at radius 1 is 1.55 bits per heavy atom. The van der Waals surface area contributed by atoms with Crippen molar-refractivity contribution in [3.8, 4) is 5.75 Å². The van der Waals surface area contributed by atoms with Crippen molar-refractivity contribution >= 4 is 5.78 Å². The van der Waals surface area contributed by atoms with Gasteiger partial charge >= 0.3 is 0 Å². The Balaban J connectivity index is 2.08. The fourth-order valence-electron chi connectivity index (χ4n) is 2.28. The van der Waals surface area contributed by atoms with E-state index in [-0.39, 0.29) is 5.78 Å². The van der Waals surface area contributed by atoms with Crippen molar-refractivity contribution in [2.75, 3.05) is 26.3 Å². The first-order valence-electron chi connectivity index (χ1n) is 7.09. The number of rotatable bonds is 5. The first-order chi connectivity index (χ1) is 9.61. The molecular formula is C15H22N2O3. The molecule has 0 saturated carbocycles. The highest BCUT2D eigenvalue weighted by Crippen LogP contribution is 2.17. The van der Waals surface area contributed by atoms with E-state index in [0.29, 0.717) is 37.1 Å². The number of carbonyl (C=O) groups is 1. The van der Waals surface area contributed by atoms with Crippen LogP contribution in [0.3, 0.4) is 0 Å². The maximum absolute atomic E-state index is 12.5. The zero-order valence-electron chi connectivity index (χ0n) is 12.3. The topological polar surface area (TPSA) is 51.7 Å². The summed E-state index contributed by atoms with van der Waals surface area (Å²) in [5.41, 5.74) is 0.548. The second-order valence-electron chi connectivity index (χ2n) is 5.15.